The predicted octanol–water partition coefficient (Wildman–Crippen LogP) is 0.895. The van der Waals surface area contributed by atoms with Gasteiger partial charge in [-0.05, 0) is 24.6 Å². The van der Waals surface area contributed by atoms with Crippen LogP contribution < -0.4 is 0 Å². The zero-order chi connectivity index (χ0) is 13.4. The minimum absolute atomic E-state index is 0.0677. The fourth-order valence-electron chi connectivity index (χ4n) is 1.68. The molecular weight excluding hydrogens is 238 g/mol. The second-order valence-electron chi connectivity index (χ2n) is 3.82. The second-order valence-corrected chi connectivity index (χ2v) is 3.82. The number of carbonyl (C=O) groups is 3. The Morgan fingerprint density at radius 2 is 1.78 bits per heavy atom. The average Bonchev–Trinajstić information content (AvgIpc) is 2.51. The van der Waals surface area contributed by atoms with Crippen LogP contribution in [0.5, 0.6) is 5.75 Å². The number of hydrogen-bond donors (Lipinski definition) is 2. The minimum Gasteiger partial charge on any atom is -0.508 e. The van der Waals surface area contributed by atoms with Crippen LogP contribution >= 0.6 is 0 Å². The van der Waals surface area contributed by atoms with Crippen LogP contribution in [-0.4, -0.2) is 32.9 Å². The number of carbonyl (C=O) groups excluding carboxylic acids is 2. The smallest absolute Gasteiger partial charge is 0.329 e. The maximum absolute atomic E-state index is 11.9. The summed E-state index contributed by atoms with van der Waals surface area (Å²) in [6.45, 7) is 1.60. The Balaban J connectivity index is 2.47. The lowest BCUT2D eigenvalue weighted by molar-refractivity contribution is -0.131. The molecule has 0 fully saturated rings. The Kier molecular flexibility index (Phi) is 2.63. The van der Waals surface area contributed by atoms with Crippen LogP contribution in [-0.2, 0) is 4.79 Å². The number of benzene rings is 1. The number of phenolic OH excluding ortho intramolecular Hbond substituents is 1. The first-order valence-corrected chi connectivity index (χ1v) is 5.04. The van der Waals surface area contributed by atoms with Crippen LogP contribution in [0, 0.1) is 6.92 Å². The zero-order valence-corrected chi connectivity index (χ0v) is 9.38. The summed E-state index contributed by atoms with van der Waals surface area (Å²) in [6, 6.07) is 2.61. The molecule has 0 spiro atoms. The van der Waals surface area contributed by atoms with Gasteiger partial charge in [-0.15, -0.1) is 0 Å². The van der Waals surface area contributed by atoms with Crippen molar-refractivity contribution in [3.63, 3.8) is 0 Å². The summed E-state index contributed by atoms with van der Waals surface area (Å²) in [5.74, 6) is -2.59. The average molecular weight is 247 g/mol. The molecule has 0 saturated heterocycles. The Bertz CT molecular complexity index is 562. The van der Waals surface area contributed by atoms with E-state index in [2.05, 4.69) is 0 Å². The topological polar surface area (TPSA) is 94.9 Å². The molecule has 1 aromatic carbocycles. The number of nitrogens with zero attached hydrogens (tertiary/aromatic N) is 1. The van der Waals surface area contributed by atoms with Gasteiger partial charge in [-0.3, -0.25) is 9.59 Å². The molecule has 2 rings (SSSR count). The zero-order valence-electron chi connectivity index (χ0n) is 9.38. The van der Waals surface area contributed by atoms with E-state index in [9.17, 15) is 19.5 Å². The molecule has 0 unspecified atom stereocenters. The van der Waals surface area contributed by atoms with Gasteiger partial charge >= 0.3 is 5.97 Å². The molecule has 2 amide bonds. The summed E-state index contributed by atoms with van der Waals surface area (Å²) in [4.78, 5) is 34.8. The van der Waals surface area contributed by atoms with E-state index in [4.69, 9.17) is 5.11 Å². The molecule has 2 N–H and O–H groups in total. The molecule has 1 heterocycles. The van der Waals surface area contributed by atoms with Crippen molar-refractivity contribution in [2.24, 2.45) is 0 Å². The number of fused-ring (bicyclic) bond motifs is 1. The van der Waals surface area contributed by atoms with E-state index in [0.717, 1.165) is 6.20 Å². The van der Waals surface area contributed by atoms with Gasteiger partial charge in [0.05, 0.1) is 11.1 Å². The van der Waals surface area contributed by atoms with Gasteiger partial charge in [-0.2, -0.15) is 0 Å². The third-order valence-corrected chi connectivity index (χ3v) is 2.60. The van der Waals surface area contributed by atoms with Crippen molar-refractivity contribution in [1.29, 1.82) is 0 Å². The number of phenols is 1. The Hall–Kier alpha value is -2.63. The molecule has 6 heteroatoms. The first-order chi connectivity index (χ1) is 8.41. The number of rotatable bonds is 2. The van der Waals surface area contributed by atoms with E-state index in [-0.39, 0.29) is 16.9 Å². The summed E-state index contributed by atoms with van der Waals surface area (Å²) in [5.41, 5.74) is 0.697. The minimum atomic E-state index is -1.26. The van der Waals surface area contributed by atoms with Gasteiger partial charge < -0.3 is 10.2 Å². The van der Waals surface area contributed by atoms with Crippen LogP contribution in [0.3, 0.4) is 0 Å². The molecule has 0 atom stereocenters. The number of aromatic hydroxyl groups is 1. The molecule has 18 heavy (non-hydrogen) atoms. The molecule has 0 saturated carbocycles. The highest BCUT2D eigenvalue weighted by atomic mass is 16.4. The van der Waals surface area contributed by atoms with E-state index in [1.165, 1.54) is 12.1 Å². The molecular formula is C12H9NO5. The lowest BCUT2D eigenvalue weighted by Gasteiger charge is -2.05. The van der Waals surface area contributed by atoms with Gasteiger partial charge in [0.25, 0.3) is 11.8 Å². The molecule has 0 bridgehead atoms. The summed E-state index contributed by atoms with van der Waals surface area (Å²) in [6.07, 6.45) is 1.60. The van der Waals surface area contributed by atoms with Crippen molar-refractivity contribution in [2.45, 2.75) is 6.92 Å². The molecule has 1 aliphatic rings. The molecule has 0 aromatic heterocycles. The standard InChI is InChI=1S/C12H9NO5/c1-6-4-7-8(5-9(6)14)12(18)13(11(7)17)3-2-10(15)16/h2-5,14H,1H3,(H,15,16)/b3-2+. The van der Waals surface area contributed by atoms with Crippen LogP contribution in [0.15, 0.2) is 24.4 Å². The van der Waals surface area contributed by atoms with Gasteiger partial charge in [0.15, 0.2) is 0 Å². The van der Waals surface area contributed by atoms with Gasteiger partial charge in [0.1, 0.15) is 5.75 Å². The first kappa shape index (κ1) is 11.8. The quantitative estimate of drug-likeness (QED) is 0.598. The lowest BCUT2D eigenvalue weighted by Crippen LogP contribution is -2.23. The Morgan fingerprint density at radius 3 is 2.33 bits per heavy atom. The van der Waals surface area contributed by atoms with Crippen molar-refractivity contribution in [3.8, 4) is 5.75 Å². The fraction of sp³-hybridized carbons (Fsp3) is 0.0833. The highest BCUT2D eigenvalue weighted by Crippen LogP contribution is 2.29. The number of carboxylic acid groups (broad SMARTS) is 1. The number of carboxylic acids is 1. The van der Waals surface area contributed by atoms with Crippen LogP contribution in [0.2, 0.25) is 0 Å². The van der Waals surface area contributed by atoms with Gasteiger partial charge in [-0.1, -0.05) is 0 Å². The maximum atomic E-state index is 11.9. The van der Waals surface area contributed by atoms with Crippen molar-refractivity contribution in [2.75, 3.05) is 0 Å². The molecule has 1 aliphatic heterocycles. The number of aryl methyl sites for hydroxylation is 1. The van der Waals surface area contributed by atoms with E-state index >= 15 is 0 Å². The van der Waals surface area contributed by atoms with E-state index in [1.54, 1.807) is 6.92 Å². The number of amides is 2. The largest absolute Gasteiger partial charge is 0.508 e. The van der Waals surface area contributed by atoms with Crippen LogP contribution in [0.25, 0.3) is 0 Å². The van der Waals surface area contributed by atoms with Gasteiger partial charge in [0.2, 0.25) is 0 Å². The number of hydrogen-bond acceptors (Lipinski definition) is 4. The van der Waals surface area contributed by atoms with Crippen LogP contribution in [0.4, 0.5) is 0 Å². The normalized spacial score (nSPS) is 14.4. The van der Waals surface area contributed by atoms with Crippen molar-refractivity contribution in [3.05, 3.63) is 41.1 Å². The third-order valence-electron chi connectivity index (χ3n) is 2.60. The Morgan fingerprint density at radius 1 is 1.22 bits per heavy atom. The summed E-state index contributed by atoms with van der Waals surface area (Å²) in [7, 11) is 0. The van der Waals surface area contributed by atoms with Crippen molar-refractivity contribution < 1.29 is 24.6 Å². The van der Waals surface area contributed by atoms with Crippen molar-refractivity contribution in [1.82, 2.24) is 4.90 Å². The fourth-order valence-corrected chi connectivity index (χ4v) is 1.68. The van der Waals surface area contributed by atoms with Gasteiger partial charge in [-0.25, -0.2) is 9.69 Å². The van der Waals surface area contributed by atoms with Crippen LogP contribution in [0.1, 0.15) is 26.3 Å². The number of imide groups is 1. The molecule has 1 aromatic rings. The highest BCUT2D eigenvalue weighted by Gasteiger charge is 2.35. The summed E-state index contributed by atoms with van der Waals surface area (Å²) < 4.78 is 0. The monoisotopic (exact) mass is 247 g/mol. The van der Waals surface area contributed by atoms with Gasteiger partial charge in [0, 0.05) is 12.3 Å². The SMILES string of the molecule is Cc1cc2c(cc1O)C(=O)N(/C=C/C(=O)O)C2=O. The van der Waals surface area contributed by atoms with E-state index in [0.29, 0.717) is 16.5 Å². The lowest BCUT2D eigenvalue weighted by atomic mass is 10.1. The second kappa shape index (κ2) is 3.99. The Labute approximate surface area is 102 Å². The predicted molar refractivity (Wildman–Crippen MR) is 60.1 cm³/mol. The molecule has 0 aliphatic carbocycles. The molecule has 0 radical (unpaired) electrons. The molecule has 92 valence electrons. The molecule has 6 nitrogen and oxygen atoms in total. The summed E-state index contributed by atoms with van der Waals surface area (Å²) in [5, 5.41) is 18.0. The number of aliphatic carboxylic acids is 1. The van der Waals surface area contributed by atoms with E-state index < -0.39 is 17.8 Å². The maximum Gasteiger partial charge on any atom is 0.329 e. The third kappa shape index (κ3) is 1.73. The van der Waals surface area contributed by atoms with E-state index in [1.807, 2.05) is 0 Å². The summed E-state index contributed by atoms with van der Waals surface area (Å²) >= 11 is 0. The first-order valence-electron chi connectivity index (χ1n) is 5.04. The highest BCUT2D eigenvalue weighted by molar-refractivity contribution is 6.22. The van der Waals surface area contributed by atoms with Crippen molar-refractivity contribution >= 4 is 17.8 Å².